The molecule has 7 rings (SSSR count). The van der Waals surface area contributed by atoms with Gasteiger partial charge in [-0.25, -0.2) is 0 Å². The minimum atomic E-state index is -1.72. The van der Waals surface area contributed by atoms with Crippen molar-refractivity contribution < 1.29 is 28.6 Å². The van der Waals surface area contributed by atoms with Crippen LogP contribution in [0.25, 0.3) is 0 Å². The van der Waals surface area contributed by atoms with Crippen molar-refractivity contribution in [3.05, 3.63) is 124 Å². The topological polar surface area (TPSA) is 94.5 Å². The van der Waals surface area contributed by atoms with E-state index in [9.17, 15) is 14.4 Å². The largest absolute Gasteiger partial charge is 0.497 e. The molecular weight excluding hydrogens is 544 g/mol. The average molecular weight is 573 g/mol. The predicted molar refractivity (Wildman–Crippen MR) is 160 cm³/mol. The number of hydrazone groups is 1. The van der Waals surface area contributed by atoms with E-state index in [1.165, 1.54) is 14.2 Å². The van der Waals surface area contributed by atoms with Gasteiger partial charge in [0.25, 0.3) is 0 Å². The van der Waals surface area contributed by atoms with E-state index in [1.54, 1.807) is 85.1 Å². The fourth-order valence-corrected chi connectivity index (χ4v) is 7.20. The number of nitrogens with zero attached hydrogens (tertiary/aromatic N) is 2. The van der Waals surface area contributed by atoms with Crippen molar-refractivity contribution in [2.75, 3.05) is 21.3 Å². The molecule has 1 unspecified atom stereocenters. The number of methoxy groups -OCH3 is 3. The van der Waals surface area contributed by atoms with Crippen LogP contribution in [0.1, 0.15) is 59.7 Å². The van der Waals surface area contributed by atoms with E-state index in [2.05, 4.69) is 0 Å². The summed E-state index contributed by atoms with van der Waals surface area (Å²) in [7, 11) is 4.59. The van der Waals surface area contributed by atoms with Crippen molar-refractivity contribution in [1.82, 2.24) is 5.01 Å². The third kappa shape index (κ3) is 3.56. The van der Waals surface area contributed by atoms with Crippen LogP contribution in [0.3, 0.4) is 0 Å². The van der Waals surface area contributed by atoms with Crippen LogP contribution >= 0.6 is 0 Å². The number of para-hydroxylation sites is 1. The molecule has 1 fully saturated rings. The highest BCUT2D eigenvalue weighted by Gasteiger charge is 2.73. The highest BCUT2D eigenvalue weighted by Crippen LogP contribution is 2.66. The van der Waals surface area contributed by atoms with E-state index < -0.39 is 23.4 Å². The molecule has 0 radical (unpaired) electrons. The van der Waals surface area contributed by atoms with Gasteiger partial charge in [-0.05, 0) is 41.5 Å². The fourth-order valence-electron chi connectivity index (χ4n) is 7.20. The molecule has 4 aromatic carbocycles. The summed E-state index contributed by atoms with van der Waals surface area (Å²) in [6, 6.07) is 24.7. The molecule has 4 aromatic rings. The quantitative estimate of drug-likeness (QED) is 0.222. The van der Waals surface area contributed by atoms with Gasteiger partial charge in [-0.3, -0.25) is 19.4 Å². The molecule has 8 nitrogen and oxygen atoms in total. The Hall–Kier alpha value is -5.24. The summed E-state index contributed by atoms with van der Waals surface area (Å²) < 4.78 is 16.9. The Kier molecular flexibility index (Phi) is 6.16. The lowest BCUT2D eigenvalue weighted by Crippen LogP contribution is -2.44. The summed E-state index contributed by atoms with van der Waals surface area (Å²) in [5, 5.41) is 6.47. The smallest absolute Gasteiger partial charge is 0.187 e. The molecule has 43 heavy (non-hydrogen) atoms. The zero-order valence-electron chi connectivity index (χ0n) is 23.8. The number of ether oxygens (including phenoxy) is 3. The van der Waals surface area contributed by atoms with Gasteiger partial charge in [-0.15, -0.1) is 0 Å². The molecule has 0 amide bonds. The summed E-state index contributed by atoms with van der Waals surface area (Å²) in [6.07, 6.45) is 1.69. The van der Waals surface area contributed by atoms with E-state index in [-0.39, 0.29) is 17.3 Å². The van der Waals surface area contributed by atoms with E-state index in [0.29, 0.717) is 39.5 Å². The molecule has 1 spiro atoms. The van der Waals surface area contributed by atoms with Crippen LogP contribution in [0.2, 0.25) is 0 Å². The minimum Gasteiger partial charge on any atom is -0.497 e. The number of fused-ring (bicyclic) bond motifs is 5. The van der Waals surface area contributed by atoms with E-state index >= 15 is 0 Å². The van der Waals surface area contributed by atoms with Gasteiger partial charge in [0.1, 0.15) is 17.2 Å². The Morgan fingerprint density at radius 3 is 2.05 bits per heavy atom. The maximum Gasteiger partial charge on any atom is 0.187 e. The number of carbonyl (C=O) groups is 3. The van der Waals surface area contributed by atoms with Crippen molar-refractivity contribution >= 4 is 23.6 Å². The average Bonchev–Trinajstić information content (AvgIpc) is 3.49. The molecule has 0 aromatic heterocycles. The molecule has 2 aliphatic heterocycles. The minimum absolute atomic E-state index is 0.285. The van der Waals surface area contributed by atoms with Gasteiger partial charge in [0.2, 0.25) is 0 Å². The lowest BCUT2D eigenvalue weighted by Gasteiger charge is -2.36. The van der Waals surface area contributed by atoms with Crippen LogP contribution in [0.5, 0.6) is 17.2 Å². The summed E-state index contributed by atoms with van der Waals surface area (Å²) >= 11 is 0. The van der Waals surface area contributed by atoms with Gasteiger partial charge < -0.3 is 14.2 Å². The molecular formula is C35H28N2O6. The predicted octanol–water partition coefficient (Wildman–Crippen LogP) is 5.52. The molecule has 3 atom stereocenters. The second kappa shape index (κ2) is 9.94. The van der Waals surface area contributed by atoms with Gasteiger partial charge in [-0.2, -0.15) is 5.10 Å². The normalized spacial score (nSPS) is 20.9. The third-order valence-electron chi connectivity index (χ3n) is 8.99. The van der Waals surface area contributed by atoms with Gasteiger partial charge in [-0.1, -0.05) is 60.7 Å². The molecule has 2 heterocycles. The fraction of sp³-hybridized carbons (Fsp3) is 0.200. The summed E-state index contributed by atoms with van der Waals surface area (Å²) in [5.74, 6) is -0.555. The molecule has 214 valence electrons. The molecule has 0 bridgehead atoms. The Balaban J connectivity index is 1.57. The summed E-state index contributed by atoms with van der Waals surface area (Å²) in [4.78, 5) is 44.6. The molecule has 8 heteroatoms. The Morgan fingerprint density at radius 1 is 0.744 bits per heavy atom. The van der Waals surface area contributed by atoms with Crippen LogP contribution in [-0.4, -0.2) is 55.9 Å². The third-order valence-corrected chi connectivity index (χ3v) is 8.99. The van der Waals surface area contributed by atoms with E-state index in [0.717, 1.165) is 11.1 Å². The van der Waals surface area contributed by atoms with Crippen LogP contribution in [-0.2, 0) is 0 Å². The lowest BCUT2D eigenvalue weighted by atomic mass is 9.62. The van der Waals surface area contributed by atoms with Crippen LogP contribution in [0.4, 0.5) is 0 Å². The van der Waals surface area contributed by atoms with Gasteiger partial charge in [0.15, 0.2) is 28.8 Å². The first-order valence-electron chi connectivity index (χ1n) is 14.0. The number of carbonyl (C=O) groups excluding carboxylic acids is 3. The highest BCUT2D eigenvalue weighted by molar-refractivity contribution is 6.31. The van der Waals surface area contributed by atoms with Crippen molar-refractivity contribution in [2.24, 2.45) is 10.5 Å². The first-order chi connectivity index (χ1) is 21.0. The zero-order valence-corrected chi connectivity index (χ0v) is 23.8. The Morgan fingerprint density at radius 2 is 1.40 bits per heavy atom. The number of hydrogen-bond donors (Lipinski definition) is 0. The van der Waals surface area contributed by atoms with E-state index in [4.69, 9.17) is 19.3 Å². The summed E-state index contributed by atoms with van der Waals surface area (Å²) in [6.45, 7) is 0. The maximum atomic E-state index is 14.9. The Labute approximate surface area is 248 Å². The van der Waals surface area contributed by atoms with Gasteiger partial charge >= 0.3 is 0 Å². The number of benzene rings is 4. The van der Waals surface area contributed by atoms with Gasteiger partial charge in [0, 0.05) is 28.2 Å². The van der Waals surface area contributed by atoms with Crippen LogP contribution < -0.4 is 14.2 Å². The molecule has 1 saturated heterocycles. The molecule has 1 aliphatic carbocycles. The first kappa shape index (κ1) is 26.6. The number of ketones is 3. The molecule has 3 aliphatic rings. The number of Topliss-reactive ketones (excluding diaryl/α,β-unsaturated/α-hetero) is 3. The van der Waals surface area contributed by atoms with Crippen molar-refractivity contribution in [1.29, 1.82) is 0 Å². The highest BCUT2D eigenvalue weighted by atomic mass is 16.5. The van der Waals surface area contributed by atoms with Gasteiger partial charge in [0.05, 0.1) is 33.6 Å². The second-order valence-electron chi connectivity index (χ2n) is 10.8. The van der Waals surface area contributed by atoms with Crippen molar-refractivity contribution in [3.63, 3.8) is 0 Å². The second-order valence-corrected chi connectivity index (χ2v) is 10.8. The maximum absolute atomic E-state index is 14.9. The lowest BCUT2D eigenvalue weighted by molar-refractivity contribution is 0.0585. The van der Waals surface area contributed by atoms with Crippen molar-refractivity contribution in [2.45, 2.75) is 18.0 Å². The number of hydrogen-bond acceptors (Lipinski definition) is 8. The van der Waals surface area contributed by atoms with Crippen LogP contribution in [0, 0.1) is 5.41 Å². The van der Waals surface area contributed by atoms with Crippen LogP contribution in [0.15, 0.2) is 96.1 Å². The first-order valence-corrected chi connectivity index (χ1v) is 14.0. The molecule has 0 saturated carbocycles. The van der Waals surface area contributed by atoms with Crippen molar-refractivity contribution in [3.8, 4) is 17.2 Å². The molecule has 0 N–H and O–H groups in total. The van der Waals surface area contributed by atoms with E-state index in [1.807, 2.05) is 24.3 Å². The SMILES string of the molecule is COc1ccc(C(=O)[C@H]2[C@H](c3cccc(OC)c3OC)C3(C(=O)c4ccccc4C3=O)C3c4ccccc4C=NN32)cc1. The monoisotopic (exact) mass is 572 g/mol. The zero-order chi connectivity index (χ0) is 29.9. The summed E-state index contributed by atoms with van der Waals surface area (Å²) in [5.41, 5.74) is 1.41. The standard InChI is InChI=1S/C35H28N2O6/c1-41-22-17-15-20(16-18-22)30(38)29-28(26-13-8-14-27(42-2)31(26)43-3)35(33(39)24-11-6-7-12-25(24)34(35)40)32-23-10-5-4-9-21(23)19-36-37(29)32/h4-19,28-29,32H,1-3H3/t28-,29+,32?/m0/s1. The number of rotatable bonds is 6. The Bertz CT molecular complexity index is 1790.